The molecule has 1 heterocycles. The van der Waals surface area contributed by atoms with Gasteiger partial charge in [0.05, 0.1) is 5.52 Å². The molecule has 0 spiro atoms. The number of fused-ring (bicyclic) bond motifs is 10. The average molecular weight is 388 g/mol. The predicted octanol–water partition coefficient (Wildman–Crippen LogP) is 8.00. The van der Waals surface area contributed by atoms with Crippen molar-refractivity contribution in [3.05, 3.63) is 96.6 Å². The maximum absolute atomic E-state index is 4.14. The van der Waals surface area contributed by atoms with Crippen molar-refractivity contribution in [2.75, 3.05) is 0 Å². The highest BCUT2D eigenvalue weighted by molar-refractivity contribution is 6.26. The van der Waals surface area contributed by atoms with E-state index < -0.39 is 0 Å². The molecule has 1 nitrogen and oxygen atoms in total. The Balaban J connectivity index is 2.00. The lowest BCUT2D eigenvalue weighted by Crippen LogP contribution is -2.17. The van der Waals surface area contributed by atoms with Gasteiger partial charge < -0.3 is 4.57 Å². The van der Waals surface area contributed by atoms with Crippen LogP contribution in [0.25, 0.3) is 43.7 Å². The van der Waals surface area contributed by atoms with Gasteiger partial charge >= 0.3 is 0 Å². The van der Waals surface area contributed by atoms with Gasteiger partial charge in [0.1, 0.15) is 0 Å². The summed E-state index contributed by atoms with van der Waals surface area (Å²) in [6.45, 7) is 11.1. The van der Waals surface area contributed by atoms with Crippen molar-refractivity contribution in [2.45, 2.75) is 32.2 Å². The fourth-order valence-electron chi connectivity index (χ4n) is 5.75. The summed E-state index contributed by atoms with van der Waals surface area (Å²) >= 11 is 0. The highest BCUT2D eigenvalue weighted by atomic mass is 15.0. The smallest absolute Gasteiger partial charge is 0.0551 e. The van der Waals surface area contributed by atoms with Gasteiger partial charge in [0.15, 0.2) is 0 Å². The predicted molar refractivity (Wildman–Crippen MR) is 129 cm³/mol. The SMILES string of the molecule is C=CC(C)n1c2ccccc2c2c3ccccc3c3c(c21)C(C)(C)c1ccccc1-3. The van der Waals surface area contributed by atoms with Crippen LogP contribution >= 0.6 is 0 Å². The van der Waals surface area contributed by atoms with E-state index in [-0.39, 0.29) is 11.5 Å². The van der Waals surface area contributed by atoms with Crippen molar-refractivity contribution in [3.63, 3.8) is 0 Å². The van der Waals surface area contributed by atoms with Crippen molar-refractivity contribution in [3.8, 4) is 11.1 Å². The van der Waals surface area contributed by atoms with E-state index in [2.05, 4.69) is 111 Å². The van der Waals surface area contributed by atoms with Gasteiger partial charge in [0, 0.05) is 27.7 Å². The van der Waals surface area contributed by atoms with E-state index in [1.54, 1.807) is 0 Å². The summed E-state index contributed by atoms with van der Waals surface area (Å²) in [5.41, 5.74) is 8.21. The molecule has 0 N–H and O–H groups in total. The largest absolute Gasteiger partial charge is 0.333 e. The zero-order valence-electron chi connectivity index (χ0n) is 17.7. The second-order valence-electron chi connectivity index (χ2n) is 9.05. The Hall–Kier alpha value is -3.32. The number of rotatable bonds is 2. The van der Waals surface area contributed by atoms with E-state index in [9.17, 15) is 0 Å². The molecule has 5 aromatic rings. The van der Waals surface area contributed by atoms with E-state index in [0.29, 0.717) is 0 Å². The van der Waals surface area contributed by atoms with Crippen molar-refractivity contribution in [1.29, 1.82) is 0 Å². The number of hydrogen-bond donors (Lipinski definition) is 0. The first kappa shape index (κ1) is 17.5. The summed E-state index contributed by atoms with van der Waals surface area (Å²) in [5.74, 6) is 0. The van der Waals surface area contributed by atoms with Gasteiger partial charge in [-0.3, -0.25) is 0 Å². The Morgan fingerprint density at radius 1 is 0.833 bits per heavy atom. The van der Waals surface area contributed by atoms with Gasteiger partial charge in [-0.1, -0.05) is 86.7 Å². The van der Waals surface area contributed by atoms with Gasteiger partial charge in [-0.2, -0.15) is 0 Å². The fraction of sp³-hybridized carbons (Fsp3) is 0.172. The number of para-hydroxylation sites is 1. The topological polar surface area (TPSA) is 4.93 Å². The molecule has 0 bridgehead atoms. The van der Waals surface area contributed by atoms with Crippen LogP contribution in [0.5, 0.6) is 0 Å². The van der Waals surface area contributed by atoms with E-state index in [0.717, 1.165) is 0 Å². The number of benzene rings is 4. The third kappa shape index (κ3) is 1.98. The second kappa shape index (κ2) is 5.86. The zero-order chi connectivity index (χ0) is 20.6. The van der Waals surface area contributed by atoms with Crippen LogP contribution in [0, 0.1) is 0 Å². The molecule has 30 heavy (non-hydrogen) atoms. The van der Waals surface area contributed by atoms with Crippen LogP contribution in [0.15, 0.2) is 85.5 Å². The van der Waals surface area contributed by atoms with Crippen LogP contribution in [-0.2, 0) is 5.41 Å². The van der Waals surface area contributed by atoms with Crippen LogP contribution in [-0.4, -0.2) is 4.57 Å². The Labute approximate surface area is 177 Å². The van der Waals surface area contributed by atoms with Crippen LogP contribution in [0.4, 0.5) is 0 Å². The number of allylic oxidation sites excluding steroid dienone is 1. The van der Waals surface area contributed by atoms with Gasteiger partial charge in [-0.25, -0.2) is 0 Å². The first-order chi connectivity index (χ1) is 14.6. The standard InChI is InChI=1S/C29H25N/c1-5-18(2)30-24-17-11-9-15-22(24)26-20-13-7-6-12-19(20)25-21-14-8-10-16-23(21)29(3,4)27(25)28(26)30/h5-18H,1H2,2-4H3. The molecule has 1 aliphatic rings. The van der Waals surface area contributed by atoms with Crippen LogP contribution in [0.2, 0.25) is 0 Å². The molecule has 1 aliphatic carbocycles. The molecule has 1 atom stereocenters. The minimum Gasteiger partial charge on any atom is -0.333 e. The molecule has 0 saturated heterocycles. The Kier molecular flexibility index (Phi) is 3.42. The first-order valence-corrected chi connectivity index (χ1v) is 10.8. The maximum Gasteiger partial charge on any atom is 0.0551 e. The van der Waals surface area contributed by atoms with Crippen molar-refractivity contribution < 1.29 is 0 Å². The molecular formula is C29H25N. The van der Waals surface area contributed by atoms with Crippen molar-refractivity contribution in [2.24, 2.45) is 0 Å². The second-order valence-corrected chi connectivity index (χ2v) is 9.05. The lowest BCUT2D eigenvalue weighted by atomic mass is 9.80. The molecule has 4 aromatic carbocycles. The molecule has 1 heteroatoms. The van der Waals surface area contributed by atoms with Gasteiger partial charge in [0.2, 0.25) is 0 Å². The lowest BCUT2D eigenvalue weighted by Gasteiger charge is -2.25. The molecular weight excluding hydrogens is 362 g/mol. The zero-order valence-corrected chi connectivity index (χ0v) is 17.7. The van der Waals surface area contributed by atoms with Crippen LogP contribution in [0.3, 0.4) is 0 Å². The number of nitrogens with zero attached hydrogens (tertiary/aromatic N) is 1. The summed E-state index contributed by atoms with van der Waals surface area (Å²) in [6, 6.07) is 26.9. The highest BCUT2D eigenvalue weighted by Crippen LogP contribution is 2.56. The Morgan fingerprint density at radius 2 is 1.47 bits per heavy atom. The van der Waals surface area contributed by atoms with Crippen LogP contribution < -0.4 is 0 Å². The van der Waals surface area contributed by atoms with Gasteiger partial charge in [0.25, 0.3) is 0 Å². The third-order valence-electron chi connectivity index (χ3n) is 7.11. The monoisotopic (exact) mass is 387 g/mol. The van der Waals surface area contributed by atoms with Crippen molar-refractivity contribution in [1.82, 2.24) is 4.57 Å². The van der Waals surface area contributed by atoms with E-state index in [1.165, 1.54) is 54.8 Å². The Morgan fingerprint density at radius 3 is 2.23 bits per heavy atom. The molecule has 0 amide bonds. The summed E-state index contributed by atoms with van der Waals surface area (Å²) in [6.07, 6.45) is 2.06. The molecule has 146 valence electrons. The number of hydrogen-bond acceptors (Lipinski definition) is 0. The summed E-state index contributed by atoms with van der Waals surface area (Å²) in [7, 11) is 0. The molecule has 0 fully saturated rings. The Bertz CT molecular complexity index is 1500. The molecule has 6 rings (SSSR count). The summed E-state index contributed by atoms with van der Waals surface area (Å²) in [5, 5.41) is 5.39. The fourth-order valence-corrected chi connectivity index (χ4v) is 5.75. The lowest BCUT2D eigenvalue weighted by molar-refractivity contribution is 0.651. The first-order valence-electron chi connectivity index (χ1n) is 10.8. The minimum atomic E-state index is -0.0682. The maximum atomic E-state index is 4.14. The third-order valence-corrected chi connectivity index (χ3v) is 7.11. The molecule has 0 saturated carbocycles. The van der Waals surface area contributed by atoms with E-state index in [4.69, 9.17) is 0 Å². The average Bonchev–Trinajstić information content (AvgIpc) is 3.24. The molecule has 1 unspecified atom stereocenters. The van der Waals surface area contributed by atoms with Crippen molar-refractivity contribution >= 4 is 32.6 Å². The summed E-state index contributed by atoms with van der Waals surface area (Å²) in [4.78, 5) is 0. The minimum absolute atomic E-state index is 0.0682. The quantitative estimate of drug-likeness (QED) is 0.270. The molecule has 0 aliphatic heterocycles. The van der Waals surface area contributed by atoms with Crippen LogP contribution in [0.1, 0.15) is 37.9 Å². The normalized spacial score (nSPS) is 15.4. The van der Waals surface area contributed by atoms with E-state index in [1.807, 2.05) is 0 Å². The highest BCUT2D eigenvalue weighted by Gasteiger charge is 2.40. The molecule has 0 radical (unpaired) electrons. The number of aromatic nitrogens is 1. The van der Waals surface area contributed by atoms with Gasteiger partial charge in [-0.05, 0) is 46.0 Å². The summed E-state index contributed by atoms with van der Waals surface area (Å²) < 4.78 is 2.51. The van der Waals surface area contributed by atoms with Gasteiger partial charge in [-0.15, -0.1) is 6.58 Å². The van der Waals surface area contributed by atoms with E-state index >= 15 is 0 Å². The molecule has 1 aromatic heterocycles.